The minimum absolute atomic E-state index is 0.00355. The van der Waals surface area contributed by atoms with Crippen molar-refractivity contribution in [3.63, 3.8) is 0 Å². The highest BCUT2D eigenvalue weighted by Gasteiger charge is 2.30. The number of benzene rings is 1. The van der Waals surface area contributed by atoms with Crippen LogP contribution in [0.25, 0.3) is 6.08 Å². The molecule has 1 aromatic carbocycles. The largest absolute Gasteiger partial charge is 0.331 e. The Labute approximate surface area is 179 Å². The van der Waals surface area contributed by atoms with E-state index in [-0.39, 0.29) is 11.9 Å². The molecule has 3 heterocycles. The van der Waals surface area contributed by atoms with E-state index in [0.717, 1.165) is 42.1 Å². The van der Waals surface area contributed by atoms with Crippen LogP contribution in [-0.4, -0.2) is 37.5 Å². The molecule has 7 nitrogen and oxygen atoms in total. The first-order valence-corrected chi connectivity index (χ1v) is 10.9. The molecule has 1 amide bonds. The topological polar surface area (TPSA) is 83.9 Å². The third-order valence-corrected chi connectivity index (χ3v) is 5.94. The number of hydrogen-bond donors (Lipinski definition) is 1. The SMILES string of the molecule is CCc1nnc(Nc2cc([C@H]3CCCN3C(=O)/C=C/c3ccccc3)nc(C)n2)s1. The van der Waals surface area contributed by atoms with Gasteiger partial charge < -0.3 is 10.2 Å². The van der Waals surface area contributed by atoms with Gasteiger partial charge in [-0.05, 0) is 37.8 Å². The molecule has 30 heavy (non-hydrogen) atoms. The molecule has 8 heteroatoms. The van der Waals surface area contributed by atoms with Crippen molar-refractivity contribution < 1.29 is 4.79 Å². The molecule has 1 aliphatic rings. The third kappa shape index (κ3) is 4.71. The van der Waals surface area contributed by atoms with Crippen LogP contribution in [0.3, 0.4) is 0 Å². The highest BCUT2D eigenvalue weighted by Crippen LogP contribution is 2.32. The average Bonchev–Trinajstić information content (AvgIpc) is 3.42. The molecule has 1 N–H and O–H groups in total. The lowest BCUT2D eigenvalue weighted by Gasteiger charge is -2.23. The van der Waals surface area contributed by atoms with Gasteiger partial charge >= 0.3 is 0 Å². The van der Waals surface area contributed by atoms with Crippen LogP contribution in [-0.2, 0) is 11.2 Å². The maximum absolute atomic E-state index is 12.9. The quantitative estimate of drug-likeness (QED) is 0.598. The first-order chi connectivity index (χ1) is 14.6. The average molecular weight is 421 g/mol. The monoisotopic (exact) mass is 420 g/mol. The number of nitrogens with zero attached hydrogens (tertiary/aromatic N) is 5. The summed E-state index contributed by atoms with van der Waals surface area (Å²) in [5, 5.41) is 13.2. The Morgan fingerprint density at radius 3 is 2.87 bits per heavy atom. The molecule has 1 fully saturated rings. The molecule has 0 saturated carbocycles. The Balaban J connectivity index is 1.52. The number of anilines is 2. The molecule has 0 unspecified atom stereocenters. The lowest BCUT2D eigenvalue weighted by Crippen LogP contribution is -2.29. The van der Waals surface area contributed by atoms with E-state index in [1.54, 1.807) is 6.08 Å². The number of hydrogen-bond acceptors (Lipinski definition) is 7. The molecular formula is C22H24N6OS. The van der Waals surface area contributed by atoms with Gasteiger partial charge in [0, 0.05) is 18.7 Å². The van der Waals surface area contributed by atoms with Gasteiger partial charge in [-0.3, -0.25) is 4.79 Å². The molecule has 4 rings (SSSR count). The summed E-state index contributed by atoms with van der Waals surface area (Å²) in [7, 11) is 0. The molecule has 0 spiro atoms. The number of rotatable bonds is 6. The van der Waals surface area contributed by atoms with Crippen molar-refractivity contribution in [1.29, 1.82) is 0 Å². The second-order valence-corrected chi connectivity index (χ2v) is 8.20. The molecule has 1 aliphatic heterocycles. The summed E-state index contributed by atoms with van der Waals surface area (Å²) < 4.78 is 0. The number of carbonyl (C=O) groups excluding carboxylic acids is 1. The molecule has 1 atom stereocenters. The first kappa shape index (κ1) is 20.2. The number of aromatic nitrogens is 4. The van der Waals surface area contributed by atoms with Crippen LogP contribution in [0.2, 0.25) is 0 Å². The van der Waals surface area contributed by atoms with Gasteiger partial charge in [-0.1, -0.05) is 48.6 Å². The van der Waals surface area contributed by atoms with Gasteiger partial charge in [-0.2, -0.15) is 0 Å². The van der Waals surface area contributed by atoms with Crippen molar-refractivity contribution in [2.75, 3.05) is 11.9 Å². The smallest absolute Gasteiger partial charge is 0.247 e. The summed E-state index contributed by atoms with van der Waals surface area (Å²) in [6.45, 7) is 4.64. The molecule has 2 aromatic heterocycles. The minimum Gasteiger partial charge on any atom is -0.331 e. The fraction of sp³-hybridized carbons (Fsp3) is 0.318. The fourth-order valence-corrected chi connectivity index (χ4v) is 4.23. The standard InChI is InChI=1S/C22H24N6OS/c1-3-20-26-27-22(30-20)25-19-14-17(23-15(2)24-19)18-10-7-13-28(18)21(29)12-11-16-8-5-4-6-9-16/h4-6,8-9,11-12,14,18H,3,7,10,13H2,1-2H3,(H,23,24,25,27)/b12-11+/t18-/m1/s1. The Hall–Kier alpha value is -3.13. The predicted molar refractivity (Wildman–Crippen MR) is 119 cm³/mol. The Morgan fingerprint density at radius 2 is 2.10 bits per heavy atom. The highest BCUT2D eigenvalue weighted by molar-refractivity contribution is 7.15. The van der Waals surface area contributed by atoms with Crippen LogP contribution < -0.4 is 5.32 Å². The summed E-state index contributed by atoms with van der Waals surface area (Å²) in [4.78, 5) is 23.9. The third-order valence-electron chi connectivity index (χ3n) is 4.96. The zero-order valence-electron chi connectivity index (χ0n) is 17.1. The van der Waals surface area contributed by atoms with E-state index in [2.05, 4.69) is 32.4 Å². The van der Waals surface area contributed by atoms with Gasteiger partial charge in [-0.25, -0.2) is 9.97 Å². The van der Waals surface area contributed by atoms with Crippen molar-refractivity contribution in [1.82, 2.24) is 25.1 Å². The molecule has 1 saturated heterocycles. The van der Waals surface area contributed by atoms with E-state index < -0.39 is 0 Å². The van der Waals surface area contributed by atoms with Gasteiger partial charge in [0.25, 0.3) is 0 Å². The maximum Gasteiger partial charge on any atom is 0.247 e. The molecular weight excluding hydrogens is 396 g/mol. The van der Waals surface area contributed by atoms with Crippen molar-refractivity contribution in [3.05, 3.63) is 64.6 Å². The van der Waals surface area contributed by atoms with Crippen LogP contribution >= 0.6 is 11.3 Å². The van der Waals surface area contributed by atoms with Crippen molar-refractivity contribution in [2.45, 2.75) is 39.2 Å². The molecule has 0 aliphatic carbocycles. The number of aryl methyl sites for hydroxylation is 2. The second kappa shape index (κ2) is 9.13. The van der Waals surface area contributed by atoms with E-state index in [0.29, 0.717) is 16.8 Å². The van der Waals surface area contributed by atoms with E-state index in [9.17, 15) is 4.79 Å². The van der Waals surface area contributed by atoms with Crippen LogP contribution in [0.15, 0.2) is 42.5 Å². The van der Waals surface area contributed by atoms with Gasteiger partial charge in [0.1, 0.15) is 16.6 Å². The summed E-state index contributed by atoms with van der Waals surface area (Å²) in [6, 6.07) is 11.7. The summed E-state index contributed by atoms with van der Waals surface area (Å²) >= 11 is 1.51. The van der Waals surface area contributed by atoms with E-state index in [1.807, 2.05) is 54.3 Å². The van der Waals surface area contributed by atoms with Gasteiger partial charge in [0.05, 0.1) is 11.7 Å². The number of amides is 1. The summed E-state index contributed by atoms with van der Waals surface area (Å²) in [5.74, 6) is 1.34. The zero-order chi connectivity index (χ0) is 20.9. The van der Waals surface area contributed by atoms with E-state index in [4.69, 9.17) is 0 Å². The van der Waals surface area contributed by atoms with Gasteiger partial charge in [0.15, 0.2) is 0 Å². The summed E-state index contributed by atoms with van der Waals surface area (Å²) in [6.07, 6.45) is 6.20. The van der Waals surface area contributed by atoms with Crippen LogP contribution in [0.5, 0.6) is 0 Å². The Kier molecular flexibility index (Phi) is 6.13. The van der Waals surface area contributed by atoms with Gasteiger partial charge in [0.2, 0.25) is 11.0 Å². The lowest BCUT2D eigenvalue weighted by molar-refractivity contribution is -0.126. The van der Waals surface area contributed by atoms with Gasteiger partial charge in [-0.15, -0.1) is 10.2 Å². The van der Waals surface area contributed by atoms with Crippen molar-refractivity contribution in [3.8, 4) is 0 Å². The maximum atomic E-state index is 12.9. The van der Waals surface area contributed by atoms with E-state index in [1.165, 1.54) is 11.3 Å². The van der Waals surface area contributed by atoms with Crippen molar-refractivity contribution in [2.24, 2.45) is 0 Å². The van der Waals surface area contributed by atoms with E-state index >= 15 is 0 Å². The second-order valence-electron chi connectivity index (χ2n) is 7.14. The fourth-order valence-electron chi connectivity index (χ4n) is 3.55. The Bertz CT molecular complexity index is 1050. The lowest BCUT2D eigenvalue weighted by atomic mass is 10.1. The van der Waals surface area contributed by atoms with Crippen LogP contribution in [0.1, 0.15) is 47.9 Å². The number of carbonyl (C=O) groups is 1. The highest BCUT2D eigenvalue weighted by atomic mass is 32.1. The van der Waals surface area contributed by atoms with Crippen LogP contribution in [0, 0.1) is 6.92 Å². The Morgan fingerprint density at radius 1 is 1.27 bits per heavy atom. The van der Waals surface area contributed by atoms with Crippen molar-refractivity contribution >= 4 is 34.3 Å². The normalized spacial score (nSPS) is 16.3. The number of likely N-dealkylation sites (tertiary alicyclic amines) is 1. The minimum atomic E-state index is -0.0548. The zero-order valence-corrected chi connectivity index (χ0v) is 17.9. The molecule has 3 aromatic rings. The molecule has 0 bridgehead atoms. The molecule has 0 radical (unpaired) electrons. The van der Waals surface area contributed by atoms with Crippen LogP contribution in [0.4, 0.5) is 10.9 Å². The number of nitrogens with one attached hydrogen (secondary N) is 1. The predicted octanol–water partition coefficient (Wildman–Crippen LogP) is 4.32. The molecule has 154 valence electrons. The first-order valence-electron chi connectivity index (χ1n) is 10.1. The summed E-state index contributed by atoms with van der Waals surface area (Å²) in [5.41, 5.74) is 1.86.